The number of ether oxygens (including phenoxy) is 1. The molecule has 2 N–H and O–H groups in total. The Morgan fingerprint density at radius 3 is 2.56 bits per heavy atom. The highest BCUT2D eigenvalue weighted by Gasteiger charge is 2.17. The molecule has 16 heavy (non-hydrogen) atoms. The first-order valence-electron chi connectivity index (χ1n) is 5.07. The molecule has 0 aromatic heterocycles. The van der Waals surface area contributed by atoms with E-state index < -0.39 is 7.12 Å². The predicted octanol–water partition coefficient (Wildman–Crippen LogP) is 0.837. The number of hydrogen-bond donors (Lipinski definition) is 2. The summed E-state index contributed by atoms with van der Waals surface area (Å²) in [5.41, 5.74) is 1.52. The van der Waals surface area contributed by atoms with Crippen molar-refractivity contribution in [2.45, 2.75) is 6.92 Å². The number of rotatable bonds is 2. The molecule has 0 unspecified atom stereocenters. The quantitative estimate of drug-likeness (QED) is 0.731. The third-order valence-electron chi connectivity index (χ3n) is 2.73. The average Bonchev–Trinajstić information content (AvgIpc) is 2.28. The second kappa shape index (κ2) is 4.16. The van der Waals surface area contributed by atoms with Gasteiger partial charge in [0.2, 0.25) is 0 Å². The van der Waals surface area contributed by atoms with Crippen LogP contribution in [0.1, 0.15) is 5.56 Å². The van der Waals surface area contributed by atoms with Crippen LogP contribution < -0.4 is 10.2 Å². The lowest BCUT2D eigenvalue weighted by Gasteiger charge is -2.10. The Morgan fingerprint density at radius 1 is 1.19 bits per heavy atom. The van der Waals surface area contributed by atoms with E-state index in [1.54, 1.807) is 6.07 Å². The Kier molecular flexibility index (Phi) is 2.85. The lowest BCUT2D eigenvalue weighted by Crippen LogP contribution is -2.31. The molecule has 0 aliphatic rings. The first kappa shape index (κ1) is 11.0. The Bertz CT molecular complexity index is 523. The predicted molar refractivity (Wildman–Crippen MR) is 65.1 cm³/mol. The fourth-order valence-corrected chi connectivity index (χ4v) is 1.86. The maximum atomic E-state index is 9.24. The van der Waals surface area contributed by atoms with E-state index in [9.17, 15) is 10.0 Å². The molecule has 0 atom stereocenters. The van der Waals surface area contributed by atoms with Gasteiger partial charge in [-0.25, -0.2) is 0 Å². The summed E-state index contributed by atoms with van der Waals surface area (Å²) in [4.78, 5) is 0. The van der Waals surface area contributed by atoms with Gasteiger partial charge in [-0.2, -0.15) is 0 Å². The molecule has 2 aromatic carbocycles. The first-order chi connectivity index (χ1) is 7.63. The van der Waals surface area contributed by atoms with Crippen molar-refractivity contribution >= 4 is 23.4 Å². The molecule has 4 heteroatoms. The topological polar surface area (TPSA) is 49.7 Å². The van der Waals surface area contributed by atoms with E-state index in [1.807, 2.05) is 31.2 Å². The van der Waals surface area contributed by atoms with Gasteiger partial charge in [0, 0.05) is 5.46 Å². The maximum Gasteiger partial charge on any atom is 0.492 e. The van der Waals surface area contributed by atoms with Crippen molar-refractivity contribution in [2.24, 2.45) is 0 Å². The number of hydrogen-bond acceptors (Lipinski definition) is 3. The maximum absolute atomic E-state index is 9.24. The number of methoxy groups -OCH3 is 1. The van der Waals surface area contributed by atoms with Crippen molar-refractivity contribution in [2.75, 3.05) is 7.11 Å². The third kappa shape index (κ3) is 1.77. The number of aryl methyl sites for hydroxylation is 1. The summed E-state index contributed by atoms with van der Waals surface area (Å²) in [5.74, 6) is 0.497. The summed E-state index contributed by atoms with van der Waals surface area (Å²) < 4.78 is 5.15. The SMILES string of the molecule is COc1cc2c(C)cccc2cc1B(O)O. The fourth-order valence-electron chi connectivity index (χ4n) is 1.86. The molecule has 0 aliphatic heterocycles. The second-order valence-corrected chi connectivity index (χ2v) is 3.76. The van der Waals surface area contributed by atoms with E-state index in [1.165, 1.54) is 7.11 Å². The molecule has 2 aromatic rings. The summed E-state index contributed by atoms with van der Waals surface area (Å²) >= 11 is 0. The molecule has 0 aliphatic carbocycles. The van der Waals surface area contributed by atoms with Gasteiger partial charge in [0.1, 0.15) is 5.75 Å². The smallest absolute Gasteiger partial charge is 0.492 e. The van der Waals surface area contributed by atoms with Gasteiger partial charge >= 0.3 is 7.12 Å². The molecule has 0 spiro atoms. The van der Waals surface area contributed by atoms with Gasteiger partial charge in [0.15, 0.2) is 0 Å². The zero-order valence-corrected chi connectivity index (χ0v) is 9.27. The lowest BCUT2D eigenvalue weighted by molar-refractivity contribution is 0.403. The van der Waals surface area contributed by atoms with Crippen LogP contribution in [0, 0.1) is 6.92 Å². The summed E-state index contributed by atoms with van der Waals surface area (Å²) in [7, 11) is 0.00515. The van der Waals surface area contributed by atoms with Crippen molar-refractivity contribution in [1.82, 2.24) is 0 Å². The fraction of sp³-hybridized carbons (Fsp3) is 0.167. The molecule has 0 bridgehead atoms. The van der Waals surface area contributed by atoms with E-state index in [4.69, 9.17) is 4.74 Å². The Hall–Kier alpha value is -1.52. The monoisotopic (exact) mass is 216 g/mol. The van der Waals surface area contributed by atoms with E-state index in [0.29, 0.717) is 11.2 Å². The van der Waals surface area contributed by atoms with Crippen molar-refractivity contribution in [3.8, 4) is 5.75 Å². The van der Waals surface area contributed by atoms with E-state index in [0.717, 1.165) is 16.3 Å². The van der Waals surface area contributed by atoms with Gasteiger partial charge < -0.3 is 14.8 Å². The van der Waals surface area contributed by atoms with Gasteiger partial charge in [0.25, 0.3) is 0 Å². The third-order valence-corrected chi connectivity index (χ3v) is 2.73. The van der Waals surface area contributed by atoms with Crippen LogP contribution >= 0.6 is 0 Å². The zero-order chi connectivity index (χ0) is 11.7. The normalized spacial score (nSPS) is 10.5. The molecule has 0 heterocycles. The first-order valence-corrected chi connectivity index (χ1v) is 5.07. The van der Waals surface area contributed by atoms with Crippen LogP contribution in [-0.2, 0) is 0 Å². The van der Waals surface area contributed by atoms with Gasteiger partial charge in [0.05, 0.1) is 7.11 Å². The van der Waals surface area contributed by atoms with Crippen LogP contribution in [0.3, 0.4) is 0 Å². The largest absolute Gasteiger partial charge is 0.497 e. The summed E-state index contributed by atoms with van der Waals surface area (Å²) in [5, 5.41) is 20.5. The molecule has 3 nitrogen and oxygen atoms in total. The minimum Gasteiger partial charge on any atom is -0.497 e. The average molecular weight is 216 g/mol. The molecule has 82 valence electrons. The molecular weight excluding hydrogens is 203 g/mol. The second-order valence-electron chi connectivity index (χ2n) is 3.76. The highest BCUT2D eigenvalue weighted by Crippen LogP contribution is 2.22. The Labute approximate surface area is 94.4 Å². The van der Waals surface area contributed by atoms with Gasteiger partial charge in [-0.3, -0.25) is 0 Å². The van der Waals surface area contributed by atoms with Crippen molar-refractivity contribution in [3.63, 3.8) is 0 Å². The molecule has 0 amide bonds. The minimum atomic E-state index is -1.51. The van der Waals surface area contributed by atoms with Gasteiger partial charge in [-0.05, 0) is 29.3 Å². The van der Waals surface area contributed by atoms with Crippen molar-refractivity contribution in [3.05, 3.63) is 35.9 Å². The minimum absolute atomic E-state index is 0.389. The van der Waals surface area contributed by atoms with Crippen LogP contribution in [0.15, 0.2) is 30.3 Å². The van der Waals surface area contributed by atoms with Crippen LogP contribution in [0.25, 0.3) is 10.8 Å². The summed E-state index contributed by atoms with van der Waals surface area (Å²) in [6, 6.07) is 9.47. The summed E-state index contributed by atoms with van der Waals surface area (Å²) in [6.45, 7) is 2.01. The molecule has 0 radical (unpaired) electrons. The molecular formula is C12H13BO3. The zero-order valence-electron chi connectivity index (χ0n) is 9.27. The van der Waals surface area contributed by atoms with Crippen molar-refractivity contribution < 1.29 is 14.8 Å². The van der Waals surface area contributed by atoms with E-state index in [2.05, 4.69) is 0 Å². The van der Waals surface area contributed by atoms with Gasteiger partial charge in [-0.15, -0.1) is 0 Å². The van der Waals surface area contributed by atoms with E-state index >= 15 is 0 Å². The highest BCUT2D eigenvalue weighted by atomic mass is 16.5. The molecule has 2 rings (SSSR count). The van der Waals surface area contributed by atoms with E-state index in [-0.39, 0.29) is 0 Å². The molecule has 0 fully saturated rings. The molecule has 0 saturated heterocycles. The molecule has 0 saturated carbocycles. The summed E-state index contributed by atoms with van der Waals surface area (Å²) in [6.07, 6.45) is 0. The van der Waals surface area contributed by atoms with Crippen LogP contribution in [0.4, 0.5) is 0 Å². The number of fused-ring (bicyclic) bond motifs is 1. The standard InChI is InChI=1S/C12H13BO3/c1-8-4-3-5-9-6-11(13(14)15)12(16-2)7-10(8)9/h3-7,14-15H,1-2H3. The van der Waals surface area contributed by atoms with Crippen LogP contribution in [-0.4, -0.2) is 24.3 Å². The Balaban J connectivity index is 2.75. The highest BCUT2D eigenvalue weighted by molar-refractivity contribution is 6.60. The van der Waals surface area contributed by atoms with Crippen LogP contribution in [0.2, 0.25) is 0 Å². The van der Waals surface area contributed by atoms with Crippen molar-refractivity contribution in [1.29, 1.82) is 0 Å². The number of benzene rings is 2. The lowest BCUT2D eigenvalue weighted by atomic mass is 9.78. The van der Waals surface area contributed by atoms with Crippen LogP contribution in [0.5, 0.6) is 5.75 Å². The Morgan fingerprint density at radius 2 is 1.94 bits per heavy atom. The van der Waals surface area contributed by atoms with Gasteiger partial charge in [-0.1, -0.05) is 24.3 Å².